The van der Waals surface area contributed by atoms with E-state index >= 15 is 0 Å². The number of rotatable bonds is 20. The predicted octanol–water partition coefficient (Wildman–Crippen LogP) is -4.17. The number of aliphatic hydroxyl groups excluding tert-OH is 2. The van der Waals surface area contributed by atoms with Crippen LogP contribution in [0.5, 0.6) is 0 Å². The van der Waals surface area contributed by atoms with Crippen molar-refractivity contribution in [2.24, 2.45) is 23.3 Å². The molecule has 0 radical (unpaired) electrons. The molecule has 0 unspecified atom stereocenters. The second kappa shape index (κ2) is 28.1. The topological polar surface area (TPSA) is 380 Å². The van der Waals surface area contributed by atoms with Gasteiger partial charge < -0.3 is 69.3 Å². The highest BCUT2D eigenvalue weighted by Gasteiger charge is 2.37. The number of aliphatic carboxylic acids is 1. The number of carbonyl (C=O) groups excluding carboxylic acids is 9. The Balaban J connectivity index is 3.73. The first-order valence-corrected chi connectivity index (χ1v) is 22.7. The van der Waals surface area contributed by atoms with Crippen molar-refractivity contribution in [2.75, 3.05) is 24.7 Å². The second-order valence-corrected chi connectivity index (χ2v) is 17.7. The molecule has 1 rings (SSSR count). The van der Waals surface area contributed by atoms with Crippen LogP contribution in [0.15, 0.2) is 0 Å². The number of carboxylic acids is 1. The fourth-order valence-corrected chi connectivity index (χ4v) is 8.13. The second-order valence-electron chi connectivity index (χ2n) is 15.2. The number of nitrogens with one attached hydrogen (secondary N) is 8. The molecule has 15 N–H and O–H groups in total. The lowest BCUT2D eigenvalue weighted by Crippen LogP contribution is -2.63. The van der Waals surface area contributed by atoms with Gasteiger partial charge in [-0.1, -0.05) is 55.7 Å². The molecule has 1 fully saturated rings. The van der Waals surface area contributed by atoms with Gasteiger partial charge in [-0.2, -0.15) is 0 Å². The molecular formula is C37H64N10O13S2. The van der Waals surface area contributed by atoms with E-state index in [1.807, 2.05) is 0 Å². The minimum Gasteiger partial charge on any atom is -0.481 e. The Morgan fingerprint density at radius 3 is 1.94 bits per heavy atom. The number of hydrogen-bond donors (Lipinski definition) is 13. The van der Waals surface area contributed by atoms with Crippen LogP contribution in [-0.4, -0.2) is 154 Å². The van der Waals surface area contributed by atoms with Crippen molar-refractivity contribution < 1.29 is 63.3 Å². The van der Waals surface area contributed by atoms with Gasteiger partial charge in [0.25, 0.3) is 0 Å². The maximum Gasteiger partial charge on any atom is 0.303 e. The van der Waals surface area contributed by atoms with Gasteiger partial charge in [0.05, 0.1) is 12.7 Å². The largest absolute Gasteiger partial charge is 0.481 e. The Morgan fingerprint density at radius 2 is 1.40 bits per heavy atom. The van der Waals surface area contributed by atoms with E-state index in [4.69, 9.17) is 16.6 Å². The van der Waals surface area contributed by atoms with Crippen molar-refractivity contribution in [3.05, 3.63) is 0 Å². The van der Waals surface area contributed by atoms with E-state index in [1.165, 1.54) is 13.8 Å². The molecule has 0 spiro atoms. The molecule has 0 aliphatic carbocycles. The summed E-state index contributed by atoms with van der Waals surface area (Å²) in [5.74, 6) is -10.9. The van der Waals surface area contributed by atoms with Crippen LogP contribution in [0, 0.1) is 11.8 Å². The van der Waals surface area contributed by atoms with Crippen molar-refractivity contribution >= 4 is 80.7 Å². The van der Waals surface area contributed by atoms with Crippen molar-refractivity contribution in [1.29, 1.82) is 0 Å². The van der Waals surface area contributed by atoms with Crippen molar-refractivity contribution in [2.45, 2.75) is 135 Å². The molecule has 62 heavy (non-hydrogen) atoms. The smallest absolute Gasteiger partial charge is 0.303 e. The fraction of sp³-hybridized carbons (Fsp3) is 0.730. The third kappa shape index (κ3) is 19.1. The van der Waals surface area contributed by atoms with Gasteiger partial charge in [-0.15, -0.1) is 0 Å². The Labute approximate surface area is 368 Å². The minimum atomic E-state index is -1.75. The van der Waals surface area contributed by atoms with E-state index in [0.717, 1.165) is 21.6 Å². The molecule has 1 saturated heterocycles. The van der Waals surface area contributed by atoms with Gasteiger partial charge in [0, 0.05) is 24.9 Å². The van der Waals surface area contributed by atoms with Crippen molar-refractivity contribution in [3.63, 3.8) is 0 Å². The molecule has 1 aliphatic rings. The summed E-state index contributed by atoms with van der Waals surface area (Å²) in [7, 11) is 1.84. The average molecular weight is 921 g/mol. The van der Waals surface area contributed by atoms with Crippen LogP contribution in [0.2, 0.25) is 0 Å². The standard InChI is InChI=1S/C37H64N10O13S2/c1-7-18(4)28-36(59)45-24(33(56)41-21(30(39)53)11-12-26(51)52)15-61-62-16-25(34(57)47-29(19(5)49)37(60)43-23(14-48)32(55)46-28)44-31(54)22(10-8-9-13-38)42-35(58)27(17(2)3)40-20(6)50/h17-19,21-25,27-29,48-49H,7-16,38H2,1-6H3,(H2,39,53)(H,40,50)(H,41,56)(H,42,58)(H,43,60)(H,44,54)(H,45,59)(H,46,55)(H,47,57)(H,51,52)/t18-,19+,21-,22-,23+,24-,25-,27-,28-,29-/m0/s1. The van der Waals surface area contributed by atoms with Gasteiger partial charge in [-0.05, 0) is 51.0 Å². The molecule has 1 heterocycles. The molecule has 10 atom stereocenters. The molecule has 352 valence electrons. The Hall–Kier alpha value is -4.72. The van der Waals surface area contributed by atoms with Gasteiger partial charge in [-0.25, -0.2) is 0 Å². The van der Waals surface area contributed by atoms with Crippen LogP contribution >= 0.6 is 21.6 Å². The Morgan fingerprint density at radius 1 is 0.790 bits per heavy atom. The van der Waals surface area contributed by atoms with Crippen LogP contribution in [0.1, 0.15) is 80.1 Å². The third-order valence-electron chi connectivity index (χ3n) is 9.68. The summed E-state index contributed by atoms with van der Waals surface area (Å²) < 4.78 is 0. The summed E-state index contributed by atoms with van der Waals surface area (Å²) in [6.45, 7) is 8.37. The summed E-state index contributed by atoms with van der Waals surface area (Å²) in [5.41, 5.74) is 11.1. The van der Waals surface area contributed by atoms with Gasteiger partial charge >= 0.3 is 5.97 Å². The first-order chi connectivity index (χ1) is 29.1. The monoisotopic (exact) mass is 920 g/mol. The van der Waals surface area contributed by atoms with Crippen LogP contribution < -0.4 is 54.0 Å². The number of carboxylic acid groups (broad SMARTS) is 1. The maximum atomic E-state index is 13.9. The first-order valence-electron chi connectivity index (χ1n) is 20.2. The Kier molecular flexibility index (Phi) is 25.0. The number of aliphatic hydroxyl groups is 2. The number of primary amides is 1. The average Bonchev–Trinajstić information content (AvgIpc) is 3.20. The van der Waals surface area contributed by atoms with E-state index in [9.17, 15) is 58.2 Å². The zero-order chi connectivity index (χ0) is 47.3. The summed E-state index contributed by atoms with van der Waals surface area (Å²) >= 11 is 0. The van der Waals surface area contributed by atoms with E-state index in [-0.39, 0.29) is 36.8 Å². The van der Waals surface area contributed by atoms with Crippen LogP contribution in [0.3, 0.4) is 0 Å². The highest BCUT2D eigenvalue weighted by molar-refractivity contribution is 8.76. The molecule has 0 bridgehead atoms. The van der Waals surface area contributed by atoms with E-state index < -0.39 is 133 Å². The van der Waals surface area contributed by atoms with E-state index in [1.54, 1.807) is 27.7 Å². The lowest BCUT2D eigenvalue weighted by atomic mass is 9.97. The van der Waals surface area contributed by atoms with Gasteiger partial charge in [0.15, 0.2) is 0 Å². The molecule has 25 heteroatoms. The lowest BCUT2D eigenvalue weighted by Gasteiger charge is -2.29. The molecule has 0 saturated carbocycles. The van der Waals surface area contributed by atoms with Crippen LogP contribution in [-0.2, 0) is 47.9 Å². The lowest BCUT2D eigenvalue weighted by molar-refractivity contribution is -0.138. The quantitative estimate of drug-likeness (QED) is 0.0407. The number of unbranched alkanes of at least 4 members (excludes halogenated alkanes) is 1. The Bertz CT molecular complexity index is 1590. The van der Waals surface area contributed by atoms with Gasteiger partial charge in [0.2, 0.25) is 53.2 Å². The minimum absolute atomic E-state index is 0.0616. The highest BCUT2D eigenvalue weighted by Crippen LogP contribution is 2.24. The van der Waals surface area contributed by atoms with E-state index in [2.05, 4.69) is 42.5 Å². The summed E-state index contributed by atoms with van der Waals surface area (Å²) in [5, 5.41) is 49.6. The van der Waals surface area contributed by atoms with Gasteiger partial charge in [0.1, 0.15) is 48.3 Å². The molecular weight excluding hydrogens is 857 g/mol. The molecule has 0 aromatic heterocycles. The molecule has 9 amide bonds. The number of hydrogen-bond acceptors (Lipinski definition) is 15. The third-order valence-corrected chi connectivity index (χ3v) is 12.1. The molecule has 1 aliphatic heterocycles. The van der Waals surface area contributed by atoms with Crippen LogP contribution in [0.25, 0.3) is 0 Å². The van der Waals surface area contributed by atoms with Gasteiger partial charge in [-0.3, -0.25) is 47.9 Å². The number of nitrogens with two attached hydrogens (primary N) is 2. The maximum absolute atomic E-state index is 13.9. The zero-order valence-electron chi connectivity index (χ0n) is 35.8. The molecule has 23 nitrogen and oxygen atoms in total. The predicted molar refractivity (Wildman–Crippen MR) is 228 cm³/mol. The SMILES string of the molecule is CC[C@H](C)[C@@H]1NC(=O)[C@@H](CO)NC(=O)[C@H]([C@@H](C)O)NC(=O)[C@@H](NC(=O)[C@H](CCCCN)NC(=O)[C@@H](NC(C)=O)C(C)C)CSSC[C@@H](C(=O)N[C@@H](CCC(=O)O)C(N)=O)NC1=O. The fourth-order valence-electron chi connectivity index (χ4n) is 5.81. The summed E-state index contributed by atoms with van der Waals surface area (Å²) in [6, 6.07) is -11.5. The number of carbonyl (C=O) groups is 10. The van der Waals surface area contributed by atoms with E-state index in [0.29, 0.717) is 19.3 Å². The highest BCUT2D eigenvalue weighted by atomic mass is 33.1. The van der Waals surface area contributed by atoms with Crippen molar-refractivity contribution in [3.8, 4) is 0 Å². The summed E-state index contributed by atoms with van der Waals surface area (Å²) in [6.07, 6.45) is -1.28. The zero-order valence-corrected chi connectivity index (χ0v) is 37.5. The van der Waals surface area contributed by atoms with Crippen LogP contribution in [0.4, 0.5) is 0 Å². The van der Waals surface area contributed by atoms with Crippen molar-refractivity contribution in [1.82, 2.24) is 42.5 Å². The molecule has 0 aromatic rings. The molecule has 0 aromatic carbocycles. The summed E-state index contributed by atoms with van der Waals surface area (Å²) in [4.78, 5) is 131. The first kappa shape index (κ1) is 55.3. The normalized spacial score (nSPS) is 23.0. The number of amides is 9.